The number of nitrogens with two attached hydrogens (primary N) is 1. The van der Waals surface area contributed by atoms with E-state index >= 15 is 0 Å². The highest BCUT2D eigenvalue weighted by atomic mass is 79.9. The third kappa shape index (κ3) is 4.58. The van der Waals surface area contributed by atoms with E-state index in [1.807, 2.05) is 19.1 Å². The molecule has 0 unspecified atom stereocenters. The van der Waals surface area contributed by atoms with Crippen molar-refractivity contribution in [2.45, 2.75) is 19.6 Å². The maximum Gasteiger partial charge on any atom is 0.258 e. The number of nitrogen functional groups attached to an aromatic ring is 1. The Morgan fingerprint density at radius 2 is 2.17 bits per heavy atom. The van der Waals surface area contributed by atoms with Crippen LogP contribution in [-0.4, -0.2) is 37.6 Å². The van der Waals surface area contributed by atoms with Gasteiger partial charge in [0.15, 0.2) is 5.82 Å². The van der Waals surface area contributed by atoms with Gasteiger partial charge in [0.1, 0.15) is 22.5 Å². The standard InChI is InChI=1S/C20H20BrN7O2/c1-12(30-19-18(23)24-10-17(21)25-19)15-6-4-5-7-16(15)20(29)27(2)11-13-8-14(9-22)28(3)26-13/h4-8,10,12H,11H2,1-3H3,(H2,23,24)/t12-/m1/s1. The first-order chi connectivity index (χ1) is 14.3. The monoisotopic (exact) mass is 469 g/mol. The van der Waals surface area contributed by atoms with E-state index < -0.39 is 6.10 Å². The largest absolute Gasteiger partial charge is 0.467 e. The molecule has 1 atom stereocenters. The number of nitriles is 1. The Morgan fingerprint density at radius 3 is 2.87 bits per heavy atom. The fourth-order valence-electron chi connectivity index (χ4n) is 2.95. The maximum absolute atomic E-state index is 13.1. The summed E-state index contributed by atoms with van der Waals surface area (Å²) in [5.74, 6) is 0.151. The first-order valence-corrected chi connectivity index (χ1v) is 9.81. The molecule has 0 saturated carbocycles. The van der Waals surface area contributed by atoms with E-state index in [-0.39, 0.29) is 24.1 Å². The summed E-state index contributed by atoms with van der Waals surface area (Å²) >= 11 is 3.25. The zero-order chi connectivity index (χ0) is 21.8. The minimum atomic E-state index is -0.496. The first kappa shape index (κ1) is 21.3. The Hall–Kier alpha value is -3.45. The number of anilines is 1. The van der Waals surface area contributed by atoms with E-state index in [9.17, 15) is 4.79 Å². The average Bonchev–Trinajstić information content (AvgIpc) is 3.09. The number of carbonyl (C=O) groups is 1. The van der Waals surface area contributed by atoms with Gasteiger partial charge in [-0.1, -0.05) is 18.2 Å². The molecule has 2 N–H and O–H groups in total. The highest BCUT2D eigenvalue weighted by molar-refractivity contribution is 9.10. The molecule has 0 aliphatic rings. The SMILES string of the molecule is C[C@@H](Oc1nc(Br)cnc1N)c1ccccc1C(=O)N(C)Cc1cc(C#N)n(C)n1. The topological polar surface area (TPSA) is 123 Å². The zero-order valence-corrected chi connectivity index (χ0v) is 18.3. The smallest absolute Gasteiger partial charge is 0.258 e. The molecule has 0 aliphatic heterocycles. The number of aromatic nitrogens is 4. The second-order valence-corrected chi connectivity index (χ2v) is 7.46. The lowest BCUT2D eigenvalue weighted by molar-refractivity contribution is 0.0778. The number of nitrogens with zero attached hydrogens (tertiary/aromatic N) is 6. The molecule has 1 amide bonds. The second kappa shape index (κ2) is 8.92. The lowest BCUT2D eigenvalue weighted by Gasteiger charge is -2.21. The van der Waals surface area contributed by atoms with E-state index in [0.717, 1.165) is 0 Å². The Morgan fingerprint density at radius 1 is 1.43 bits per heavy atom. The van der Waals surface area contributed by atoms with Crippen LogP contribution in [0.1, 0.15) is 40.3 Å². The zero-order valence-electron chi connectivity index (χ0n) is 16.7. The maximum atomic E-state index is 13.1. The number of hydrogen-bond donors (Lipinski definition) is 1. The first-order valence-electron chi connectivity index (χ1n) is 9.02. The van der Waals surface area contributed by atoms with E-state index in [1.54, 1.807) is 37.2 Å². The van der Waals surface area contributed by atoms with Crippen LogP contribution in [0.4, 0.5) is 5.82 Å². The highest BCUT2D eigenvalue weighted by Gasteiger charge is 2.22. The van der Waals surface area contributed by atoms with Gasteiger partial charge in [0, 0.05) is 25.2 Å². The van der Waals surface area contributed by atoms with Gasteiger partial charge >= 0.3 is 0 Å². The van der Waals surface area contributed by atoms with Crippen LogP contribution in [0.5, 0.6) is 5.88 Å². The van der Waals surface area contributed by atoms with E-state index in [0.29, 0.717) is 27.1 Å². The van der Waals surface area contributed by atoms with Gasteiger partial charge < -0.3 is 15.4 Å². The van der Waals surface area contributed by atoms with Crippen LogP contribution in [0, 0.1) is 11.3 Å². The number of carbonyl (C=O) groups excluding carboxylic acids is 1. The van der Waals surface area contributed by atoms with Gasteiger partial charge in [-0.3, -0.25) is 9.48 Å². The number of halogens is 1. The van der Waals surface area contributed by atoms with E-state index in [2.05, 4.69) is 37.1 Å². The molecule has 0 fully saturated rings. The summed E-state index contributed by atoms with van der Waals surface area (Å²) in [5, 5.41) is 13.4. The summed E-state index contributed by atoms with van der Waals surface area (Å²) in [6.07, 6.45) is 0.985. The number of hydrogen-bond acceptors (Lipinski definition) is 7. The molecule has 154 valence electrons. The van der Waals surface area contributed by atoms with E-state index in [1.165, 1.54) is 10.9 Å². The molecule has 3 aromatic rings. The number of amides is 1. The van der Waals surface area contributed by atoms with Gasteiger partial charge in [-0.2, -0.15) is 10.4 Å². The summed E-state index contributed by atoms with van der Waals surface area (Å²) in [4.78, 5) is 22.9. The van der Waals surface area contributed by atoms with Crippen molar-refractivity contribution >= 4 is 27.7 Å². The Labute approximate surface area is 182 Å². The van der Waals surface area contributed by atoms with Crippen molar-refractivity contribution in [1.29, 1.82) is 5.26 Å². The van der Waals surface area contributed by atoms with Crippen LogP contribution in [0.25, 0.3) is 0 Å². The quantitative estimate of drug-likeness (QED) is 0.588. The molecule has 0 saturated heterocycles. The lowest BCUT2D eigenvalue weighted by atomic mass is 10.0. The molecule has 0 spiro atoms. The molecule has 0 radical (unpaired) electrons. The number of ether oxygens (including phenoxy) is 1. The summed E-state index contributed by atoms with van der Waals surface area (Å²) in [6.45, 7) is 2.08. The fraction of sp³-hybridized carbons (Fsp3) is 0.250. The second-order valence-electron chi connectivity index (χ2n) is 6.65. The van der Waals surface area contributed by atoms with Crippen LogP contribution in [0.2, 0.25) is 0 Å². The third-order valence-electron chi connectivity index (χ3n) is 4.45. The fourth-order valence-corrected chi connectivity index (χ4v) is 3.22. The number of rotatable bonds is 6. The molecule has 0 aliphatic carbocycles. The van der Waals surface area contributed by atoms with Gasteiger partial charge in [-0.25, -0.2) is 9.97 Å². The minimum absolute atomic E-state index is 0.162. The van der Waals surface area contributed by atoms with Crippen molar-refractivity contribution in [2.75, 3.05) is 12.8 Å². The molecule has 1 aromatic carbocycles. The molecule has 10 heteroatoms. The van der Waals surface area contributed by atoms with Crippen molar-refractivity contribution in [3.8, 4) is 11.9 Å². The molecule has 30 heavy (non-hydrogen) atoms. The van der Waals surface area contributed by atoms with Crippen molar-refractivity contribution in [2.24, 2.45) is 7.05 Å². The molecular weight excluding hydrogens is 450 g/mol. The van der Waals surface area contributed by atoms with Crippen LogP contribution in [0.3, 0.4) is 0 Å². The molecule has 3 rings (SSSR count). The molecular formula is C20H20BrN7O2. The molecule has 2 heterocycles. The van der Waals surface area contributed by atoms with Crippen molar-refractivity contribution in [1.82, 2.24) is 24.6 Å². The van der Waals surface area contributed by atoms with Crippen molar-refractivity contribution in [3.63, 3.8) is 0 Å². The number of benzene rings is 1. The minimum Gasteiger partial charge on any atom is -0.467 e. The Kier molecular flexibility index (Phi) is 6.32. The summed E-state index contributed by atoms with van der Waals surface area (Å²) < 4.78 is 7.87. The predicted molar refractivity (Wildman–Crippen MR) is 113 cm³/mol. The molecule has 9 nitrogen and oxygen atoms in total. The van der Waals surface area contributed by atoms with Crippen molar-refractivity contribution in [3.05, 3.63) is 63.6 Å². The molecule has 2 aromatic heterocycles. The van der Waals surface area contributed by atoms with E-state index in [4.69, 9.17) is 15.7 Å². The third-order valence-corrected chi connectivity index (χ3v) is 4.83. The van der Waals surface area contributed by atoms with Gasteiger partial charge in [0.25, 0.3) is 11.8 Å². The van der Waals surface area contributed by atoms with Gasteiger partial charge in [0.2, 0.25) is 0 Å². The summed E-state index contributed by atoms with van der Waals surface area (Å²) in [7, 11) is 3.37. The normalized spacial score (nSPS) is 11.6. The van der Waals surface area contributed by atoms with Crippen molar-refractivity contribution < 1.29 is 9.53 Å². The average molecular weight is 470 g/mol. The summed E-state index contributed by atoms with van der Waals surface area (Å²) in [5.41, 5.74) is 8.09. The Bertz CT molecular complexity index is 1120. The lowest BCUT2D eigenvalue weighted by Crippen LogP contribution is -2.28. The van der Waals surface area contributed by atoms with Crippen LogP contribution in [-0.2, 0) is 13.6 Å². The van der Waals surface area contributed by atoms with Crippen LogP contribution >= 0.6 is 15.9 Å². The highest BCUT2D eigenvalue weighted by Crippen LogP contribution is 2.27. The van der Waals surface area contributed by atoms with Gasteiger partial charge in [0.05, 0.1) is 18.4 Å². The van der Waals surface area contributed by atoms with Gasteiger partial charge in [-0.05, 0) is 35.0 Å². The number of aryl methyl sites for hydroxylation is 1. The Balaban J connectivity index is 1.81. The van der Waals surface area contributed by atoms with Crippen LogP contribution < -0.4 is 10.5 Å². The molecule has 0 bridgehead atoms. The predicted octanol–water partition coefficient (Wildman–Crippen LogP) is 2.84. The van der Waals surface area contributed by atoms with Crippen LogP contribution in [0.15, 0.2) is 41.1 Å². The summed E-state index contributed by atoms with van der Waals surface area (Å²) in [6, 6.07) is 10.9. The van der Waals surface area contributed by atoms with Gasteiger partial charge in [-0.15, -0.1) is 0 Å².